The third kappa shape index (κ3) is 2.55. The van der Waals surface area contributed by atoms with Crippen molar-refractivity contribution in [1.29, 1.82) is 0 Å². The van der Waals surface area contributed by atoms with Crippen LogP contribution in [-0.4, -0.2) is 26.6 Å². The Labute approximate surface area is 115 Å². The molecule has 0 saturated heterocycles. The van der Waals surface area contributed by atoms with Gasteiger partial charge in [-0.2, -0.15) is 0 Å². The minimum atomic E-state index is -0.867. The summed E-state index contributed by atoms with van der Waals surface area (Å²) in [6.07, 6.45) is 0.625. The minimum Gasteiger partial charge on any atom is -0.390 e. The summed E-state index contributed by atoms with van der Waals surface area (Å²) in [4.78, 5) is 4.33. The van der Waals surface area contributed by atoms with Gasteiger partial charge >= 0.3 is 0 Å². The highest BCUT2D eigenvalue weighted by atomic mass is 79.9. The number of aryl methyl sites for hydroxylation is 1. The predicted molar refractivity (Wildman–Crippen MR) is 75.9 cm³/mol. The molecule has 0 saturated carbocycles. The molecule has 96 valence electrons. The van der Waals surface area contributed by atoms with E-state index in [9.17, 15) is 10.2 Å². The Morgan fingerprint density at radius 3 is 2.78 bits per heavy atom. The van der Waals surface area contributed by atoms with Crippen LogP contribution in [0.1, 0.15) is 23.7 Å². The number of aliphatic hydroxyl groups is 2. The maximum atomic E-state index is 10.2. The standard InChI is InChI=1S/C14H16BrNO2/c1-9-11(14(18)12(17)6-7-15)5-4-10-3-2-8-16-13(9)10/h2-5,8,12,14,17-18H,6-7H2,1H3. The molecule has 2 unspecified atom stereocenters. The molecular formula is C14H16BrNO2. The molecule has 4 heteroatoms. The van der Waals surface area contributed by atoms with Gasteiger partial charge in [-0.1, -0.05) is 34.1 Å². The van der Waals surface area contributed by atoms with E-state index in [4.69, 9.17) is 0 Å². The van der Waals surface area contributed by atoms with E-state index in [1.807, 2.05) is 31.2 Å². The molecular weight excluding hydrogens is 294 g/mol. The number of hydrogen-bond acceptors (Lipinski definition) is 3. The molecule has 1 heterocycles. The highest BCUT2D eigenvalue weighted by Crippen LogP contribution is 2.27. The third-order valence-corrected chi connectivity index (χ3v) is 3.62. The summed E-state index contributed by atoms with van der Waals surface area (Å²) in [6, 6.07) is 7.66. The molecule has 2 aromatic rings. The molecule has 1 aromatic heterocycles. The fourth-order valence-corrected chi connectivity index (χ4v) is 2.57. The molecule has 1 aromatic carbocycles. The zero-order valence-electron chi connectivity index (χ0n) is 10.2. The highest BCUT2D eigenvalue weighted by Gasteiger charge is 2.20. The quantitative estimate of drug-likeness (QED) is 0.854. The monoisotopic (exact) mass is 309 g/mol. The van der Waals surface area contributed by atoms with Crippen molar-refractivity contribution in [2.75, 3.05) is 5.33 Å². The van der Waals surface area contributed by atoms with Gasteiger partial charge in [0.1, 0.15) is 6.10 Å². The lowest BCUT2D eigenvalue weighted by molar-refractivity contribution is 0.0171. The second-order valence-corrected chi connectivity index (χ2v) is 5.14. The number of halogens is 1. The van der Waals surface area contributed by atoms with Crippen molar-refractivity contribution in [3.63, 3.8) is 0 Å². The van der Waals surface area contributed by atoms with Gasteiger partial charge in [0.2, 0.25) is 0 Å². The van der Waals surface area contributed by atoms with Crippen LogP contribution in [0.15, 0.2) is 30.5 Å². The maximum Gasteiger partial charge on any atom is 0.105 e. The van der Waals surface area contributed by atoms with Crippen molar-refractivity contribution in [3.05, 3.63) is 41.6 Å². The molecule has 2 N–H and O–H groups in total. The molecule has 2 atom stereocenters. The van der Waals surface area contributed by atoms with Crippen LogP contribution in [0.5, 0.6) is 0 Å². The predicted octanol–water partition coefficient (Wildman–Crippen LogP) is 2.72. The van der Waals surface area contributed by atoms with Gasteiger partial charge in [-0.25, -0.2) is 0 Å². The number of benzene rings is 1. The Kier molecular flexibility index (Phi) is 4.32. The van der Waals surface area contributed by atoms with Crippen molar-refractivity contribution in [2.45, 2.75) is 25.6 Å². The lowest BCUT2D eigenvalue weighted by Gasteiger charge is -2.19. The van der Waals surface area contributed by atoms with Gasteiger partial charge in [-0.05, 0) is 30.5 Å². The first kappa shape index (κ1) is 13.5. The average molecular weight is 310 g/mol. The van der Waals surface area contributed by atoms with Crippen LogP contribution in [0.4, 0.5) is 0 Å². The van der Waals surface area contributed by atoms with Crippen LogP contribution in [0.25, 0.3) is 10.9 Å². The lowest BCUT2D eigenvalue weighted by Crippen LogP contribution is -2.19. The topological polar surface area (TPSA) is 53.4 Å². The van der Waals surface area contributed by atoms with Gasteiger partial charge in [-0.15, -0.1) is 0 Å². The first-order chi connectivity index (χ1) is 8.65. The number of rotatable bonds is 4. The molecule has 0 aliphatic heterocycles. The van der Waals surface area contributed by atoms with Crippen molar-refractivity contribution in [2.24, 2.45) is 0 Å². The number of nitrogens with zero attached hydrogens (tertiary/aromatic N) is 1. The van der Waals surface area contributed by atoms with E-state index >= 15 is 0 Å². The average Bonchev–Trinajstić information content (AvgIpc) is 2.39. The summed E-state index contributed by atoms with van der Waals surface area (Å²) >= 11 is 3.27. The van der Waals surface area contributed by atoms with Crippen LogP contribution >= 0.6 is 15.9 Å². The normalized spacial score (nSPS) is 14.7. The van der Waals surface area contributed by atoms with Crippen LogP contribution in [0, 0.1) is 6.92 Å². The van der Waals surface area contributed by atoms with E-state index < -0.39 is 12.2 Å². The molecule has 18 heavy (non-hydrogen) atoms. The Morgan fingerprint density at radius 1 is 1.28 bits per heavy atom. The summed E-state index contributed by atoms with van der Waals surface area (Å²) in [6.45, 7) is 1.93. The molecule has 0 bridgehead atoms. The fourth-order valence-electron chi connectivity index (χ4n) is 2.10. The summed E-state index contributed by atoms with van der Waals surface area (Å²) in [5.41, 5.74) is 2.55. The fraction of sp³-hybridized carbons (Fsp3) is 0.357. The van der Waals surface area contributed by atoms with E-state index in [-0.39, 0.29) is 0 Å². The van der Waals surface area contributed by atoms with E-state index in [2.05, 4.69) is 20.9 Å². The van der Waals surface area contributed by atoms with Gasteiger partial charge in [-0.3, -0.25) is 4.98 Å². The Morgan fingerprint density at radius 2 is 2.06 bits per heavy atom. The van der Waals surface area contributed by atoms with E-state index in [0.717, 1.165) is 22.0 Å². The van der Waals surface area contributed by atoms with E-state index in [0.29, 0.717) is 11.8 Å². The van der Waals surface area contributed by atoms with E-state index in [1.54, 1.807) is 6.20 Å². The number of aromatic nitrogens is 1. The van der Waals surface area contributed by atoms with Gasteiger partial charge in [0.25, 0.3) is 0 Å². The molecule has 0 fully saturated rings. The second kappa shape index (κ2) is 5.78. The number of pyridine rings is 1. The summed E-state index contributed by atoms with van der Waals surface area (Å²) in [5, 5.41) is 21.7. The zero-order valence-corrected chi connectivity index (χ0v) is 11.8. The zero-order chi connectivity index (χ0) is 13.1. The Balaban J connectivity index is 2.42. The third-order valence-electron chi connectivity index (χ3n) is 3.16. The SMILES string of the molecule is Cc1c(C(O)C(O)CCBr)ccc2cccnc12. The number of aliphatic hydroxyl groups excluding tert-OH is 2. The molecule has 0 aliphatic rings. The summed E-state index contributed by atoms with van der Waals surface area (Å²) < 4.78 is 0. The second-order valence-electron chi connectivity index (χ2n) is 4.34. The molecule has 0 radical (unpaired) electrons. The number of fused-ring (bicyclic) bond motifs is 1. The van der Waals surface area contributed by atoms with E-state index in [1.165, 1.54) is 0 Å². The smallest absolute Gasteiger partial charge is 0.105 e. The van der Waals surface area contributed by atoms with Gasteiger partial charge in [0.15, 0.2) is 0 Å². The first-order valence-electron chi connectivity index (χ1n) is 5.91. The number of alkyl halides is 1. The Hall–Kier alpha value is -0.970. The molecule has 3 nitrogen and oxygen atoms in total. The summed E-state index contributed by atoms with van der Waals surface area (Å²) in [5.74, 6) is 0. The van der Waals surface area contributed by atoms with Gasteiger partial charge in [0, 0.05) is 16.9 Å². The van der Waals surface area contributed by atoms with Crippen molar-refractivity contribution in [3.8, 4) is 0 Å². The first-order valence-corrected chi connectivity index (χ1v) is 7.03. The molecule has 0 aliphatic carbocycles. The highest BCUT2D eigenvalue weighted by molar-refractivity contribution is 9.09. The summed E-state index contributed by atoms with van der Waals surface area (Å²) in [7, 11) is 0. The van der Waals surface area contributed by atoms with Crippen molar-refractivity contribution < 1.29 is 10.2 Å². The van der Waals surface area contributed by atoms with Crippen molar-refractivity contribution in [1.82, 2.24) is 4.98 Å². The molecule has 0 amide bonds. The van der Waals surface area contributed by atoms with Crippen LogP contribution in [0.3, 0.4) is 0 Å². The molecule has 0 spiro atoms. The van der Waals surface area contributed by atoms with Crippen molar-refractivity contribution >= 4 is 26.8 Å². The van der Waals surface area contributed by atoms with Gasteiger partial charge in [0.05, 0.1) is 11.6 Å². The largest absolute Gasteiger partial charge is 0.390 e. The van der Waals surface area contributed by atoms with Crippen LogP contribution in [0.2, 0.25) is 0 Å². The van der Waals surface area contributed by atoms with Crippen LogP contribution < -0.4 is 0 Å². The maximum absolute atomic E-state index is 10.2. The minimum absolute atomic E-state index is 0.515. The Bertz CT molecular complexity index is 544. The number of hydrogen-bond donors (Lipinski definition) is 2. The van der Waals surface area contributed by atoms with Crippen LogP contribution in [-0.2, 0) is 0 Å². The molecule has 2 rings (SSSR count). The lowest BCUT2D eigenvalue weighted by atomic mass is 9.96. The van der Waals surface area contributed by atoms with Gasteiger partial charge < -0.3 is 10.2 Å².